The quantitative estimate of drug-likeness (QED) is 0.516. The van der Waals surface area contributed by atoms with Crippen LogP contribution in [0.4, 0.5) is 0 Å². The van der Waals surface area contributed by atoms with Gasteiger partial charge in [0.1, 0.15) is 12.4 Å². The molecule has 0 unspecified atom stereocenters. The van der Waals surface area contributed by atoms with E-state index in [0.717, 1.165) is 16.7 Å². The van der Waals surface area contributed by atoms with E-state index in [1.807, 2.05) is 37.3 Å². The first-order valence-corrected chi connectivity index (χ1v) is 10.1. The molecule has 0 saturated carbocycles. The van der Waals surface area contributed by atoms with Crippen LogP contribution in [0.25, 0.3) is 0 Å². The summed E-state index contributed by atoms with van der Waals surface area (Å²) in [6.45, 7) is 2.70. The molecule has 0 fully saturated rings. The summed E-state index contributed by atoms with van der Waals surface area (Å²) in [7, 11) is 4.96. The number of nitrogens with zero attached hydrogens (tertiary/aromatic N) is 2. The second-order valence-electron chi connectivity index (χ2n) is 7.38. The lowest BCUT2D eigenvalue weighted by atomic mass is 10.1. The van der Waals surface area contributed by atoms with E-state index in [0.29, 0.717) is 34.9 Å². The fourth-order valence-corrected chi connectivity index (χ4v) is 3.35. The van der Waals surface area contributed by atoms with Gasteiger partial charge in [0.15, 0.2) is 11.5 Å². The Hall–Kier alpha value is -3.98. The van der Waals surface area contributed by atoms with E-state index < -0.39 is 0 Å². The van der Waals surface area contributed by atoms with Gasteiger partial charge in [-0.05, 0) is 60.5 Å². The number of hydrogen-bond donors (Lipinski definition) is 0. The van der Waals surface area contributed by atoms with Crippen molar-refractivity contribution in [1.29, 1.82) is 5.26 Å². The van der Waals surface area contributed by atoms with Gasteiger partial charge < -0.3 is 19.1 Å². The maximum Gasteiger partial charge on any atom is 0.253 e. The van der Waals surface area contributed by atoms with E-state index in [2.05, 4.69) is 6.07 Å². The molecule has 6 nitrogen and oxygen atoms in total. The Morgan fingerprint density at radius 2 is 1.62 bits per heavy atom. The molecule has 0 aliphatic carbocycles. The minimum Gasteiger partial charge on any atom is -0.493 e. The Kier molecular flexibility index (Phi) is 7.35. The monoisotopic (exact) mass is 430 g/mol. The standard InChI is InChI=1S/C26H26N2O4/c1-18-13-24(30-3)25(31-4)14-22(18)16-28(2)26(29)19-9-11-23(12-10-19)32-17-21-8-6-5-7-20(21)15-27/h5-14H,16-17H2,1-4H3. The van der Waals surface area contributed by atoms with Crippen molar-refractivity contribution in [2.45, 2.75) is 20.1 Å². The number of nitriles is 1. The Bertz CT molecular complexity index is 1130. The van der Waals surface area contributed by atoms with Gasteiger partial charge in [0.25, 0.3) is 5.91 Å². The fourth-order valence-electron chi connectivity index (χ4n) is 3.35. The first-order valence-electron chi connectivity index (χ1n) is 10.1. The van der Waals surface area contributed by atoms with Gasteiger partial charge in [0, 0.05) is 24.7 Å². The number of carbonyl (C=O) groups excluding carboxylic acids is 1. The molecule has 0 atom stereocenters. The van der Waals surface area contributed by atoms with Crippen molar-refractivity contribution in [3.63, 3.8) is 0 Å². The molecule has 0 aromatic heterocycles. The van der Waals surface area contributed by atoms with Gasteiger partial charge in [-0.3, -0.25) is 4.79 Å². The van der Waals surface area contributed by atoms with E-state index in [4.69, 9.17) is 14.2 Å². The average Bonchev–Trinajstić information content (AvgIpc) is 2.83. The number of ether oxygens (including phenoxy) is 3. The summed E-state index contributed by atoms with van der Waals surface area (Å²) < 4.78 is 16.5. The summed E-state index contributed by atoms with van der Waals surface area (Å²) in [5, 5.41) is 9.18. The zero-order valence-corrected chi connectivity index (χ0v) is 18.7. The van der Waals surface area contributed by atoms with Crippen LogP contribution in [-0.2, 0) is 13.2 Å². The van der Waals surface area contributed by atoms with Gasteiger partial charge in [0.2, 0.25) is 0 Å². The first kappa shape index (κ1) is 22.7. The van der Waals surface area contributed by atoms with Crippen molar-refractivity contribution in [3.8, 4) is 23.3 Å². The van der Waals surface area contributed by atoms with Crippen molar-refractivity contribution in [1.82, 2.24) is 4.90 Å². The molecule has 0 saturated heterocycles. The number of rotatable bonds is 8. The second-order valence-corrected chi connectivity index (χ2v) is 7.38. The molecule has 1 amide bonds. The van der Waals surface area contributed by atoms with Gasteiger partial charge in [-0.2, -0.15) is 5.26 Å². The van der Waals surface area contributed by atoms with Crippen molar-refractivity contribution in [2.75, 3.05) is 21.3 Å². The van der Waals surface area contributed by atoms with Crippen LogP contribution in [0.1, 0.15) is 32.6 Å². The summed E-state index contributed by atoms with van der Waals surface area (Å²) in [5.74, 6) is 1.83. The largest absolute Gasteiger partial charge is 0.493 e. The molecular formula is C26H26N2O4. The number of benzene rings is 3. The van der Waals surface area contributed by atoms with E-state index in [1.165, 1.54) is 0 Å². The number of aryl methyl sites for hydroxylation is 1. The molecule has 0 bridgehead atoms. The maximum absolute atomic E-state index is 12.9. The summed E-state index contributed by atoms with van der Waals surface area (Å²) in [6.07, 6.45) is 0. The van der Waals surface area contributed by atoms with Crippen LogP contribution in [0.2, 0.25) is 0 Å². The molecule has 0 heterocycles. The molecule has 0 aliphatic rings. The molecule has 0 spiro atoms. The number of methoxy groups -OCH3 is 2. The van der Waals surface area contributed by atoms with Crippen molar-refractivity contribution in [2.24, 2.45) is 0 Å². The molecule has 3 aromatic rings. The highest BCUT2D eigenvalue weighted by atomic mass is 16.5. The highest BCUT2D eigenvalue weighted by Crippen LogP contribution is 2.31. The number of amides is 1. The van der Waals surface area contributed by atoms with E-state index in [9.17, 15) is 10.1 Å². The van der Waals surface area contributed by atoms with Gasteiger partial charge in [-0.15, -0.1) is 0 Å². The van der Waals surface area contributed by atoms with Gasteiger partial charge in [-0.25, -0.2) is 0 Å². The predicted molar refractivity (Wildman–Crippen MR) is 122 cm³/mol. The zero-order valence-electron chi connectivity index (χ0n) is 18.7. The van der Waals surface area contributed by atoms with E-state index in [1.54, 1.807) is 56.5 Å². The molecule has 3 aromatic carbocycles. The second kappa shape index (κ2) is 10.4. The van der Waals surface area contributed by atoms with Crippen LogP contribution in [0.15, 0.2) is 60.7 Å². The van der Waals surface area contributed by atoms with Crippen molar-refractivity contribution >= 4 is 5.91 Å². The van der Waals surface area contributed by atoms with Crippen molar-refractivity contribution < 1.29 is 19.0 Å². The van der Waals surface area contributed by atoms with E-state index >= 15 is 0 Å². The summed E-state index contributed by atoms with van der Waals surface area (Å²) in [4.78, 5) is 14.6. The Morgan fingerprint density at radius 3 is 2.28 bits per heavy atom. The Labute approximate surface area is 188 Å². The molecule has 32 heavy (non-hydrogen) atoms. The molecule has 164 valence electrons. The van der Waals surface area contributed by atoms with Crippen LogP contribution in [0.5, 0.6) is 17.2 Å². The SMILES string of the molecule is COc1cc(C)c(CN(C)C(=O)c2ccc(OCc3ccccc3C#N)cc2)cc1OC. The van der Waals surface area contributed by atoms with Gasteiger partial charge >= 0.3 is 0 Å². The van der Waals surface area contributed by atoms with Crippen LogP contribution in [-0.4, -0.2) is 32.1 Å². The highest BCUT2D eigenvalue weighted by molar-refractivity contribution is 5.94. The van der Waals surface area contributed by atoms with Crippen LogP contribution >= 0.6 is 0 Å². The molecular weight excluding hydrogens is 404 g/mol. The number of carbonyl (C=O) groups is 1. The maximum atomic E-state index is 12.9. The van der Waals surface area contributed by atoms with E-state index in [-0.39, 0.29) is 12.5 Å². The summed E-state index contributed by atoms with van der Waals surface area (Å²) in [6, 6.07) is 20.3. The minimum absolute atomic E-state index is 0.0967. The van der Waals surface area contributed by atoms with Crippen LogP contribution < -0.4 is 14.2 Å². The average molecular weight is 431 g/mol. The zero-order chi connectivity index (χ0) is 23.1. The minimum atomic E-state index is -0.0967. The summed E-state index contributed by atoms with van der Waals surface area (Å²) in [5.41, 5.74) is 3.97. The smallest absolute Gasteiger partial charge is 0.253 e. The number of hydrogen-bond acceptors (Lipinski definition) is 5. The molecule has 0 radical (unpaired) electrons. The topological polar surface area (TPSA) is 71.8 Å². The molecule has 3 rings (SSSR count). The normalized spacial score (nSPS) is 10.2. The molecule has 6 heteroatoms. The lowest BCUT2D eigenvalue weighted by Crippen LogP contribution is -2.26. The highest BCUT2D eigenvalue weighted by Gasteiger charge is 2.15. The molecule has 0 aliphatic heterocycles. The summed E-state index contributed by atoms with van der Waals surface area (Å²) >= 11 is 0. The van der Waals surface area contributed by atoms with Crippen molar-refractivity contribution in [3.05, 3.63) is 88.5 Å². The lowest BCUT2D eigenvalue weighted by Gasteiger charge is -2.20. The van der Waals surface area contributed by atoms with Crippen LogP contribution in [0.3, 0.4) is 0 Å². The Balaban J connectivity index is 1.66. The fraction of sp³-hybridized carbons (Fsp3) is 0.231. The third-order valence-corrected chi connectivity index (χ3v) is 5.23. The van der Waals surface area contributed by atoms with Gasteiger partial charge in [-0.1, -0.05) is 18.2 Å². The lowest BCUT2D eigenvalue weighted by molar-refractivity contribution is 0.0784. The third-order valence-electron chi connectivity index (χ3n) is 5.23. The first-order chi connectivity index (χ1) is 15.5. The molecule has 0 N–H and O–H groups in total. The van der Waals surface area contributed by atoms with Crippen LogP contribution in [0, 0.1) is 18.3 Å². The Morgan fingerprint density at radius 1 is 0.969 bits per heavy atom. The third kappa shape index (κ3) is 5.19. The predicted octanol–water partition coefficient (Wildman–Crippen LogP) is 4.74. The van der Waals surface area contributed by atoms with Gasteiger partial charge in [0.05, 0.1) is 25.9 Å².